The summed E-state index contributed by atoms with van der Waals surface area (Å²) in [5.41, 5.74) is 2.47. The Morgan fingerprint density at radius 1 is 1.29 bits per heavy atom. The number of nitrogens with one attached hydrogen (secondary N) is 2. The smallest absolute Gasteiger partial charge is 0.224 e. The molecule has 5 heteroatoms. The molecule has 0 saturated carbocycles. The minimum Gasteiger partial charge on any atom is -0.356 e. The summed E-state index contributed by atoms with van der Waals surface area (Å²) in [4.78, 5) is 18.5. The summed E-state index contributed by atoms with van der Waals surface area (Å²) in [6.45, 7) is 7.43. The van der Waals surface area contributed by atoms with Crippen molar-refractivity contribution in [3.8, 4) is 0 Å². The summed E-state index contributed by atoms with van der Waals surface area (Å²) < 4.78 is 0. The molecule has 2 rings (SSSR count). The molecule has 0 spiro atoms. The Morgan fingerprint density at radius 3 is 2.71 bits per heavy atom. The third-order valence-corrected chi connectivity index (χ3v) is 4.45. The Labute approximate surface area is 145 Å². The number of amides is 1. The normalized spacial score (nSPS) is 18.4. The van der Waals surface area contributed by atoms with Crippen LogP contribution in [0.4, 0.5) is 0 Å². The number of hydrogen-bond donors (Lipinski definition) is 2. The van der Waals surface area contributed by atoms with Crippen LogP contribution in [-0.4, -0.2) is 43.4 Å². The average molecular weight is 330 g/mol. The quantitative estimate of drug-likeness (QED) is 0.643. The van der Waals surface area contributed by atoms with Crippen LogP contribution in [0.25, 0.3) is 0 Å². The minimum atomic E-state index is 0.239. The first-order valence-corrected chi connectivity index (χ1v) is 8.86. The Kier molecular flexibility index (Phi) is 7.09. The Hall–Kier alpha value is -2.04. The first kappa shape index (κ1) is 18.3. The number of piperidine rings is 1. The van der Waals surface area contributed by atoms with Gasteiger partial charge in [0.05, 0.1) is 0 Å². The lowest BCUT2D eigenvalue weighted by atomic mass is 10.00. The number of guanidine groups is 1. The predicted octanol–water partition coefficient (Wildman–Crippen LogP) is 2.31. The first-order chi connectivity index (χ1) is 11.6. The largest absolute Gasteiger partial charge is 0.356 e. The van der Waals surface area contributed by atoms with E-state index in [4.69, 9.17) is 0 Å². The molecule has 0 radical (unpaired) electrons. The summed E-state index contributed by atoms with van der Waals surface area (Å²) in [7, 11) is 1.75. The summed E-state index contributed by atoms with van der Waals surface area (Å²) in [6.07, 6.45) is 2.87. The standard InChI is InChI=1S/C19H30N4O/c1-15-6-8-17(9-7-15)13-22-19(20-3)21-11-10-18(24)23-12-4-5-16(2)14-23/h6-9,16H,4-5,10-14H2,1-3H3,(H2,20,21,22). The van der Waals surface area contributed by atoms with E-state index in [9.17, 15) is 4.79 Å². The van der Waals surface area contributed by atoms with Gasteiger partial charge in [-0.15, -0.1) is 0 Å². The van der Waals surface area contributed by atoms with Gasteiger partial charge < -0.3 is 15.5 Å². The van der Waals surface area contributed by atoms with Gasteiger partial charge in [-0.1, -0.05) is 36.8 Å². The van der Waals surface area contributed by atoms with Crippen molar-refractivity contribution in [2.24, 2.45) is 10.9 Å². The van der Waals surface area contributed by atoms with Gasteiger partial charge in [-0.3, -0.25) is 9.79 Å². The molecule has 24 heavy (non-hydrogen) atoms. The van der Waals surface area contributed by atoms with Crippen LogP contribution in [0.5, 0.6) is 0 Å². The topological polar surface area (TPSA) is 56.7 Å². The number of rotatable bonds is 5. The molecule has 0 aliphatic carbocycles. The summed E-state index contributed by atoms with van der Waals surface area (Å²) in [5.74, 6) is 1.60. The van der Waals surface area contributed by atoms with Crippen LogP contribution < -0.4 is 10.6 Å². The second-order valence-corrected chi connectivity index (χ2v) is 6.68. The zero-order valence-electron chi connectivity index (χ0n) is 15.1. The second kappa shape index (κ2) is 9.30. The zero-order chi connectivity index (χ0) is 17.4. The zero-order valence-corrected chi connectivity index (χ0v) is 15.1. The van der Waals surface area contributed by atoms with E-state index in [0.29, 0.717) is 18.9 Å². The van der Waals surface area contributed by atoms with Crippen LogP contribution in [0.1, 0.15) is 37.3 Å². The SMILES string of the molecule is CN=C(NCCC(=O)N1CCCC(C)C1)NCc1ccc(C)cc1. The number of benzene rings is 1. The highest BCUT2D eigenvalue weighted by Gasteiger charge is 2.20. The van der Waals surface area contributed by atoms with Gasteiger partial charge in [0, 0.05) is 39.6 Å². The fourth-order valence-electron chi connectivity index (χ4n) is 2.97. The molecular weight excluding hydrogens is 300 g/mol. The number of likely N-dealkylation sites (tertiary alicyclic amines) is 1. The Bertz CT molecular complexity index is 553. The number of nitrogens with zero attached hydrogens (tertiary/aromatic N) is 2. The molecule has 5 nitrogen and oxygen atoms in total. The van der Waals surface area contributed by atoms with Gasteiger partial charge in [0.2, 0.25) is 5.91 Å². The molecule has 1 atom stereocenters. The summed E-state index contributed by atoms with van der Waals surface area (Å²) in [6, 6.07) is 8.42. The fourth-order valence-corrected chi connectivity index (χ4v) is 2.97. The van der Waals surface area contributed by atoms with Crippen LogP contribution in [-0.2, 0) is 11.3 Å². The number of aryl methyl sites for hydroxylation is 1. The van der Waals surface area contributed by atoms with E-state index in [-0.39, 0.29) is 5.91 Å². The summed E-state index contributed by atoms with van der Waals surface area (Å²) in [5, 5.41) is 6.50. The second-order valence-electron chi connectivity index (χ2n) is 6.68. The lowest BCUT2D eigenvalue weighted by molar-refractivity contribution is -0.132. The maximum atomic E-state index is 12.3. The van der Waals surface area contributed by atoms with Crippen molar-refractivity contribution in [2.75, 3.05) is 26.7 Å². The molecule has 1 heterocycles. The highest BCUT2D eigenvalue weighted by molar-refractivity contribution is 5.81. The molecule has 2 N–H and O–H groups in total. The van der Waals surface area contributed by atoms with Gasteiger partial charge in [-0.2, -0.15) is 0 Å². The maximum absolute atomic E-state index is 12.3. The van der Waals surface area contributed by atoms with Crippen molar-refractivity contribution in [2.45, 2.75) is 39.7 Å². The third kappa shape index (κ3) is 5.87. The van der Waals surface area contributed by atoms with E-state index >= 15 is 0 Å². The minimum absolute atomic E-state index is 0.239. The number of carbonyl (C=O) groups excluding carboxylic acids is 1. The molecule has 1 fully saturated rings. The predicted molar refractivity (Wildman–Crippen MR) is 99.0 cm³/mol. The number of hydrogen-bond acceptors (Lipinski definition) is 2. The van der Waals surface area contributed by atoms with E-state index in [0.717, 1.165) is 32.0 Å². The molecule has 1 aliphatic heterocycles. The van der Waals surface area contributed by atoms with Crippen molar-refractivity contribution >= 4 is 11.9 Å². The molecule has 1 amide bonds. The number of carbonyl (C=O) groups is 1. The molecular formula is C19H30N4O. The van der Waals surface area contributed by atoms with Crippen LogP contribution in [0.3, 0.4) is 0 Å². The Morgan fingerprint density at radius 2 is 2.04 bits per heavy atom. The molecule has 0 bridgehead atoms. The monoisotopic (exact) mass is 330 g/mol. The lowest BCUT2D eigenvalue weighted by Crippen LogP contribution is -2.42. The van der Waals surface area contributed by atoms with Gasteiger partial charge in [-0.25, -0.2) is 0 Å². The molecule has 1 saturated heterocycles. The van der Waals surface area contributed by atoms with Crippen molar-refractivity contribution in [1.82, 2.24) is 15.5 Å². The number of aliphatic imine (C=N–C) groups is 1. The third-order valence-electron chi connectivity index (χ3n) is 4.45. The molecule has 1 aromatic carbocycles. The van der Waals surface area contributed by atoms with Gasteiger partial charge >= 0.3 is 0 Å². The Balaban J connectivity index is 1.69. The van der Waals surface area contributed by atoms with Crippen LogP contribution in [0, 0.1) is 12.8 Å². The highest BCUT2D eigenvalue weighted by atomic mass is 16.2. The van der Waals surface area contributed by atoms with Crippen molar-refractivity contribution in [3.05, 3.63) is 35.4 Å². The average Bonchev–Trinajstić information content (AvgIpc) is 2.59. The van der Waals surface area contributed by atoms with Crippen LogP contribution >= 0.6 is 0 Å². The van der Waals surface area contributed by atoms with Crippen LogP contribution in [0.2, 0.25) is 0 Å². The van der Waals surface area contributed by atoms with Crippen molar-refractivity contribution in [3.63, 3.8) is 0 Å². The fraction of sp³-hybridized carbons (Fsp3) is 0.579. The maximum Gasteiger partial charge on any atom is 0.224 e. The first-order valence-electron chi connectivity index (χ1n) is 8.86. The van der Waals surface area contributed by atoms with E-state index < -0.39 is 0 Å². The molecule has 132 valence electrons. The molecule has 1 unspecified atom stereocenters. The van der Waals surface area contributed by atoms with E-state index in [1.807, 2.05) is 4.90 Å². The lowest BCUT2D eigenvalue weighted by Gasteiger charge is -2.31. The van der Waals surface area contributed by atoms with Gasteiger partial charge in [0.25, 0.3) is 0 Å². The van der Waals surface area contributed by atoms with Gasteiger partial charge in [0.15, 0.2) is 5.96 Å². The van der Waals surface area contributed by atoms with Crippen LogP contribution in [0.15, 0.2) is 29.3 Å². The summed E-state index contributed by atoms with van der Waals surface area (Å²) >= 11 is 0. The highest BCUT2D eigenvalue weighted by Crippen LogP contribution is 2.15. The van der Waals surface area contributed by atoms with E-state index in [1.165, 1.54) is 17.5 Å². The van der Waals surface area contributed by atoms with Gasteiger partial charge in [0.1, 0.15) is 0 Å². The molecule has 1 aromatic rings. The van der Waals surface area contributed by atoms with E-state index in [1.54, 1.807) is 7.05 Å². The molecule has 1 aliphatic rings. The van der Waals surface area contributed by atoms with E-state index in [2.05, 4.69) is 53.7 Å². The van der Waals surface area contributed by atoms with Gasteiger partial charge in [-0.05, 0) is 31.2 Å². The van der Waals surface area contributed by atoms with Crippen molar-refractivity contribution in [1.29, 1.82) is 0 Å². The molecule has 0 aromatic heterocycles. The van der Waals surface area contributed by atoms with Crippen molar-refractivity contribution < 1.29 is 4.79 Å².